The van der Waals surface area contributed by atoms with Crippen molar-refractivity contribution in [3.63, 3.8) is 0 Å². The maximum atomic E-state index is 11.4. The van der Waals surface area contributed by atoms with Gasteiger partial charge in [0.1, 0.15) is 12.4 Å². The summed E-state index contributed by atoms with van der Waals surface area (Å²) in [6.07, 6.45) is 9.54. The molecule has 0 spiro atoms. The molecule has 0 radical (unpaired) electrons. The molecule has 94 valence electrons. The Kier molecular flexibility index (Phi) is 4.18. The summed E-state index contributed by atoms with van der Waals surface area (Å²) in [6.45, 7) is 0. The highest BCUT2D eigenvalue weighted by molar-refractivity contribution is 5.82. The Morgan fingerprint density at radius 3 is 2.35 bits per heavy atom. The van der Waals surface area contributed by atoms with Gasteiger partial charge in [0.2, 0.25) is 0 Å². The van der Waals surface area contributed by atoms with Crippen LogP contribution in [0.4, 0.5) is 0 Å². The van der Waals surface area contributed by atoms with Crippen LogP contribution in [0.1, 0.15) is 44.9 Å². The lowest BCUT2D eigenvalue weighted by Gasteiger charge is -2.20. The molecule has 0 N–H and O–H groups in total. The van der Waals surface area contributed by atoms with E-state index in [4.69, 9.17) is 9.47 Å². The second-order valence-corrected chi connectivity index (χ2v) is 4.71. The molecule has 17 heavy (non-hydrogen) atoms. The summed E-state index contributed by atoms with van der Waals surface area (Å²) in [4.78, 5) is 22.5. The molecule has 0 aromatic heterocycles. The summed E-state index contributed by atoms with van der Waals surface area (Å²) >= 11 is 0. The van der Waals surface area contributed by atoms with Crippen LogP contribution < -0.4 is 0 Å². The van der Waals surface area contributed by atoms with Gasteiger partial charge in [-0.05, 0) is 38.5 Å². The van der Waals surface area contributed by atoms with Gasteiger partial charge in [-0.2, -0.15) is 0 Å². The smallest absolute Gasteiger partial charge is 0.334 e. The highest BCUT2D eigenvalue weighted by atomic mass is 16.5. The summed E-state index contributed by atoms with van der Waals surface area (Å²) in [5.74, 6) is -0.610. The molecule has 2 aliphatic carbocycles. The van der Waals surface area contributed by atoms with Crippen LogP contribution in [0.25, 0.3) is 0 Å². The first-order valence-corrected chi connectivity index (χ1v) is 6.33. The standard InChI is InChI=1S/C13H18O4/c14-12(17-11-4-2-1-3-5-11)8-9-16-13(15)10-6-7-10/h8-11H,1-7H2/b9-8+. The maximum absolute atomic E-state index is 11.4. The van der Waals surface area contributed by atoms with Crippen molar-refractivity contribution >= 4 is 11.9 Å². The third-order valence-corrected chi connectivity index (χ3v) is 3.13. The fourth-order valence-corrected chi connectivity index (χ4v) is 1.96. The van der Waals surface area contributed by atoms with Gasteiger partial charge >= 0.3 is 11.9 Å². The van der Waals surface area contributed by atoms with E-state index in [2.05, 4.69) is 0 Å². The maximum Gasteiger partial charge on any atom is 0.334 e. The number of rotatable bonds is 4. The van der Waals surface area contributed by atoms with Crippen molar-refractivity contribution in [2.24, 2.45) is 5.92 Å². The SMILES string of the molecule is O=C(/C=C/OC(=O)C1CC1)OC1CCCCC1. The van der Waals surface area contributed by atoms with Crippen LogP contribution in [0.3, 0.4) is 0 Å². The minimum Gasteiger partial charge on any atom is -0.459 e. The van der Waals surface area contributed by atoms with Crippen molar-refractivity contribution in [1.29, 1.82) is 0 Å². The lowest BCUT2D eigenvalue weighted by atomic mass is 9.98. The van der Waals surface area contributed by atoms with E-state index in [1.165, 1.54) is 12.5 Å². The Balaban J connectivity index is 1.64. The van der Waals surface area contributed by atoms with Crippen molar-refractivity contribution in [3.8, 4) is 0 Å². The largest absolute Gasteiger partial charge is 0.459 e. The minimum atomic E-state index is -0.416. The number of carbonyl (C=O) groups is 2. The van der Waals surface area contributed by atoms with E-state index in [1.807, 2.05) is 0 Å². The van der Waals surface area contributed by atoms with Gasteiger partial charge in [-0.15, -0.1) is 0 Å². The first kappa shape index (κ1) is 12.1. The molecule has 2 aliphatic rings. The van der Waals surface area contributed by atoms with Crippen molar-refractivity contribution < 1.29 is 19.1 Å². The zero-order chi connectivity index (χ0) is 12.1. The van der Waals surface area contributed by atoms with Gasteiger partial charge in [-0.25, -0.2) is 4.79 Å². The Bertz CT molecular complexity index is 311. The molecule has 2 rings (SSSR count). The third-order valence-electron chi connectivity index (χ3n) is 3.13. The molecule has 0 amide bonds. The number of hydrogen-bond donors (Lipinski definition) is 0. The molecular formula is C13H18O4. The topological polar surface area (TPSA) is 52.6 Å². The monoisotopic (exact) mass is 238 g/mol. The average molecular weight is 238 g/mol. The Morgan fingerprint density at radius 1 is 1.00 bits per heavy atom. The van der Waals surface area contributed by atoms with E-state index in [1.54, 1.807) is 0 Å². The Morgan fingerprint density at radius 2 is 1.71 bits per heavy atom. The molecule has 0 saturated heterocycles. The van der Waals surface area contributed by atoms with Gasteiger partial charge in [0.25, 0.3) is 0 Å². The minimum absolute atomic E-state index is 0.0417. The second kappa shape index (κ2) is 5.84. The Hall–Kier alpha value is -1.32. The molecule has 2 saturated carbocycles. The zero-order valence-electron chi connectivity index (χ0n) is 9.89. The van der Waals surface area contributed by atoms with Gasteiger partial charge in [0.15, 0.2) is 0 Å². The number of esters is 2. The predicted molar refractivity (Wildman–Crippen MR) is 60.9 cm³/mol. The van der Waals surface area contributed by atoms with E-state index in [-0.39, 0.29) is 18.0 Å². The zero-order valence-corrected chi connectivity index (χ0v) is 9.89. The van der Waals surface area contributed by atoms with Gasteiger partial charge in [0, 0.05) is 0 Å². The Labute approximate surface area is 101 Å². The normalized spacial score (nSPS) is 21.4. The quantitative estimate of drug-likeness (QED) is 0.428. The highest BCUT2D eigenvalue weighted by Gasteiger charge is 2.30. The molecule has 4 heteroatoms. The first-order chi connectivity index (χ1) is 8.25. The van der Waals surface area contributed by atoms with Gasteiger partial charge < -0.3 is 9.47 Å². The summed E-state index contributed by atoms with van der Waals surface area (Å²) in [7, 11) is 0. The molecule has 0 aromatic rings. The molecular weight excluding hydrogens is 220 g/mol. The van der Waals surface area contributed by atoms with Crippen molar-refractivity contribution in [2.45, 2.75) is 51.0 Å². The second-order valence-electron chi connectivity index (χ2n) is 4.71. The highest BCUT2D eigenvalue weighted by Crippen LogP contribution is 2.30. The average Bonchev–Trinajstić information content (AvgIpc) is 3.14. The summed E-state index contributed by atoms with van der Waals surface area (Å²) in [5.41, 5.74) is 0. The predicted octanol–water partition coefficient (Wildman–Crippen LogP) is 2.33. The fraction of sp³-hybridized carbons (Fsp3) is 0.692. The molecule has 0 unspecified atom stereocenters. The van der Waals surface area contributed by atoms with Gasteiger partial charge in [-0.1, -0.05) is 6.42 Å². The number of ether oxygens (including phenoxy) is 2. The molecule has 4 nitrogen and oxygen atoms in total. The van der Waals surface area contributed by atoms with E-state index >= 15 is 0 Å². The third kappa shape index (κ3) is 4.21. The van der Waals surface area contributed by atoms with Crippen molar-refractivity contribution in [1.82, 2.24) is 0 Å². The van der Waals surface area contributed by atoms with Crippen LogP contribution in [-0.4, -0.2) is 18.0 Å². The lowest BCUT2D eigenvalue weighted by Crippen LogP contribution is -2.19. The summed E-state index contributed by atoms with van der Waals surface area (Å²) in [6, 6.07) is 0. The van der Waals surface area contributed by atoms with Crippen LogP contribution in [0.5, 0.6) is 0 Å². The van der Waals surface area contributed by atoms with E-state index in [9.17, 15) is 9.59 Å². The fourth-order valence-electron chi connectivity index (χ4n) is 1.96. The number of hydrogen-bond acceptors (Lipinski definition) is 4. The number of carbonyl (C=O) groups excluding carboxylic acids is 2. The van der Waals surface area contributed by atoms with Crippen LogP contribution >= 0.6 is 0 Å². The molecule has 0 atom stereocenters. The molecule has 0 aliphatic heterocycles. The van der Waals surface area contributed by atoms with E-state index in [0.717, 1.165) is 44.8 Å². The van der Waals surface area contributed by atoms with Crippen molar-refractivity contribution in [2.75, 3.05) is 0 Å². The van der Waals surface area contributed by atoms with Crippen LogP contribution in [-0.2, 0) is 19.1 Å². The van der Waals surface area contributed by atoms with Crippen LogP contribution in [0, 0.1) is 5.92 Å². The van der Waals surface area contributed by atoms with Crippen LogP contribution in [0.2, 0.25) is 0 Å². The lowest BCUT2D eigenvalue weighted by molar-refractivity contribution is -0.144. The van der Waals surface area contributed by atoms with E-state index in [0.29, 0.717) is 0 Å². The molecule has 0 heterocycles. The van der Waals surface area contributed by atoms with E-state index < -0.39 is 5.97 Å². The van der Waals surface area contributed by atoms with Crippen LogP contribution in [0.15, 0.2) is 12.3 Å². The van der Waals surface area contributed by atoms with Gasteiger partial charge in [0.05, 0.1) is 12.0 Å². The molecule has 2 fully saturated rings. The summed E-state index contributed by atoms with van der Waals surface area (Å²) in [5, 5.41) is 0. The molecule has 0 bridgehead atoms. The van der Waals surface area contributed by atoms with Gasteiger partial charge in [-0.3, -0.25) is 4.79 Å². The first-order valence-electron chi connectivity index (χ1n) is 6.33. The summed E-state index contributed by atoms with van der Waals surface area (Å²) < 4.78 is 10.0. The molecule has 0 aromatic carbocycles. The van der Waals surface area contributed by atoms with Crippen molar-refractivity contribution in [3.05, 3.63) is 12.3 Å².